The van der Waals surface area contributed by atoms with Gasteiger partial charge >= 0.3 is 0 Å². The fourth-order valence-electron chi connectivity index (χ4n) is 3.71. The summed E-state index contributed by atoms with van der Waals surface area (Å²) >= 11 is 3.75. The Labute approximate surface area is 177 Å². The van der Waals surface area contributed by atoms with Gasteiger partial charge in [0.1, 0.15) is 5.82 Å². The number of imidazole rings is 1. The number of guanidine groups is 1. The second-order valence-corrected chi connectivity index (χ2v) is 7.77. The van der Waals surface area contributed by atoms with Crippen molar-refractivity contribution >= 4 is 38.6 Å². The number of fused-ring (bicyclic) bond motifs is 1. The van der Waals surface area contributed by atoms with Crippen molar-refractivity contribution in [2.75, 3.05) is 18.4 Å². The number of rotatable bonds is 4. The van der Waals surface area contributed by atoms with Gasteiger partial charge < -0.3 is 15.6 Å². The zero-order chi connectivity index (χ0) is 19.6. The molecular formula is C23H20BrN5. The maximum absolute atomic E-state index is 4.94. The quantitative estimate of drug-likeness (QED) is 0.419. The maximum atomic E-state index is 4.94. The zero-order valence-corrected chi connectivity index (χ0v) is 17.3. The average molecular weight is 446 g/mol. The van der Waals surface area contributed by atoms with Gasteiger partial charge in [0, 0.05) is 6.54 Å². The monoisotopic (exact) mass is 445 g/mol. The van der Waals surface area contributed by atoms with Crippen LogP contribution in [0.1, 0.15) is 22.9 Å². The first-order chi connectivity index (χ1) is 14.3. The summed E-state index contributed by atoms with van der Waals surface area (Å²) in [6.45, 7) is 1.67. The van der Waals surface area contributed by atoms with Crippen molar-refractivity contribution in [3.63, 3.8) is 0 Å². The number of H-pyrrole nitrogens is 1. The molecule has 29 heavy (non-hydrogen) atoms. The van der Waals surface area contributed by atoms with Crippen LogP contribution in [0.3, 0.4) is 0 Å². The lowest BCUT2D eigenvalue weighted by Crippen LogP contribution is -2.26. The van der Waals surface area contributed by atoms with E-state index in [9.17, 15) is 0 Å². The van der Waals surface area contributed by atoms with Gasteiger partial charge in [-0.25, -0.2) is 4.98 Å². The van der Waals surface area contributed by atoms with Crippen LogP contribution in [-0.4, -0.2) is 29.0 Å². The summed E-state index contributed by atoms with van der Waals surface area (Å²) in [6.07, 6.45) is 0. The number of hydrogen-bond acceptors (Lipinski definition) is 4. The van der Waals surface area contributed by atoms with E-state index in [1.807, 2.05) is 24.3 Å². The molecule has 0 amide bonds. The molecule has 0 unspecified atom stereocenters. The van der Waals surface area contributed by atoms with Crippen molar-refractivity contribution in [1.82, 2.24) is 15.3 Å². The molecule has 4 aromatic rings. The Kier molecular flexibility index (Phi) is 4.77. The highest BCUT2D eigenvalue weighted by Crippen LogP contribution is 2.35. The van der Waals surface area contributed by atoms with Gasteiger partial charge in [0.25, 0.3) is 0 Å². The van der Waals surface area contributed by atoms with E-state index >= 15 is 0 Å². The van der Waals surface area contributed by atoms with E-state index in [1.54, 1.807) is 0 Å². The largest absolute Gasteiger partial charge is 0.354 e. The first kappa shape index (κ1) is 17.9. The third kappa shape index (κ3) is 3.51. The number of aromatic nitrogens is 2. The molecule has 0 saturated carbocycles. The lowest BCUT2D eigenvalue weighted by Gasteiger charge is -2.15. The minimum Gasteiger partial charge on any atom is -0.354 e. The van der Waals surface area contributed by atoms with Crippen molar-refractivity contribution in [3.8, 4) is 0 Å². The third-order valence-electron chi connectivity index (χ3n) is 5.08. The predicted molar refractivity (Wildman–Crippen MR) is 122 cm³/mol. The van der Waals surface area contributed by atoms with Crippen molar-refractivity contribution in [3.05, 3.63) is 94.2 Å². The number of aromatic amines is 1. The third-order valence-corrected chi connectivity index (χ3v) is 5.90. The summed E-state index contributed by atoms with van der Waals surface area (Å²) in [5.41, 5.74) is 5.27. The van der Waals surface area contributed by atoms with Gasteiger partial charge in [0.15, 0.2) is 5.96 Å². The minimum atomic E-state index is 0.0361. The Balaban J connectivity index is 1.59. The Morgan fingerprint density at radius 2 is 1.59 bits per heavy atom. The van der Waals surface area contributed by atoms with Gasteiger partial charge in [-0.15, -0.1) is 0 Å². The second-order valence-electron chi connectivity index (χ2n) is 6.98. The topological polar surface area (TPSA) is 65.1 Å². The van der Waals surface area contributed by atoms with Gasteiger partial charge in [0.05, 0.1) is 33.7 Å². The molecule has 0 spiro atoms. The van der Waals surface area contributed by atoms with Crippen molar-refractivity contribution in [1.29, 1.82) is 0 Å². The molecular weight excluding hydrogens is 426 g/mol. The molecule has 5 nitrogen and oxygen atoms in total. The Morgan fingerprint density at radius 1 is 0.897 bits per heavy atom. The summed E-state index contributed by atoms with van der Waals surface area (Å²) in [6, 6.07) is 25.0. The van der Waals surface area contributed by atoms with Crippen LogP contribution in [0.15, 0.2) is 82.3 Å². The van der Waals surface area contributed by atoms with Crippen LogP contribution < -0.4 is 10.6 Å². The molecule has 0 bridgehead atoms. The SMILES string of the molecule is Brc1c(NC2=NCCN2)ccc2nc(C(c3ccccc3)c3ccccc3)[nH]c12. The van der Waals surface area contributed by atoms with Gasteiger partial charge in [-0.1, -0.05) is 60.7 Å². The maximum Gasteiger partial charge on any atom is 0.195 e. The number of benzene rings is 3. The van der Waals surface area contributed by atoms with E-state index in [0.29, 0.717) is 0 Å². The Morgan fingerprint density at radius 3 is 2.21 bits per heavy atom. The molecule has 3 aromatic carbocycles. The minimum absolute atomic E-state index is 0.0361. The number of nitrogens with zero attached hydrogens (tertiary/aromatic N) is 2. The molecule has 5 rings (SSSR count). The van der Waals surface area contributed by atoms with Crippen LogP contribution in [0.25, 0.3) is 11.0 Å². The van der Waals surface area contributed by atoms with Crippen LogP contribution in [-0.2, 0) is 0 Å². The molecule has 1 aliphatic heterocycles. The number of halogens is 1. The first-order valence-electron chi connectivity index (χ1n) is 9.63. The molecule has 0 atom stereocenters. The lowest BCUT2D eigenvalue weighted by atomic mass is 9.91. The molecule has 3 N–H and O–H groups in total. The van der Waals surface area contributed by atoms with Crippen molar-refractivity contribution < 1.29 is 0 Å². The molecule has 0 radical (unpaired) electrons. The molecule has 6 heteroatoms. The van der Waals surface area contributed by atoms with E-state index in [2.05, 4.69) is 85.1 Å². The van der Waals surface area contributed by atoms with Crippen LogP contribution in [0.5, 0.6) is 0 Å². The van der Waals surface area contributed by atoms with E-state index in [0.717, 1.165) is 46.1 Å². The summed E-state index contributed by atoms with van der Waals surface area (Å²) in [5.74, 6) is 1.76. The van der Waals surface area contributed by atoms with Crippen LogP contribution in [0.4, 0.5) is 5.69 Å². The number of aliphatic imine (C=N–C) groups is 1. The number of anilines is 1. The van der Waals surface area contributed by atoms with Crippen LogP contribution >= 0.6 is 15.9 Å². The van der Waals surface area contributed by atoms with Gasteiger partial charge in [-0.3, -0.25) is 4.99 Å². The van der Waals surface area contributed by atoms with Gasteiger partial charge in [0.2, 0.25) is 0 Å². The predicted octanol–water partition coefficient (Wildman–Crippen LogP) is 4.88. The molecule has 0 fully saturated rings. The normalized spacial score (nSPS) is 13.5. The van der Waals surface area contributed by atoms with Crippen molar-refractivity contribution in [2.24, 2.45) is 4.99 Å². The lowest BCUT2D eigenvalue weighted by molar-refractivity contribution is 0.890. The smallest absolute Gasteiger partial charge is 0.195 e. The summed E-state index contributed by atoms with van der Waals surface area (Å²) < 4.78 is 0.949. The van der Waals surface area contributed by atoms with E-state index in [-0.39, 0.29) is 5.92 Å². The molecule has 1 aromatic heterocycles. The van der Waals surface area contributed by atoms with E-state index in [1.165, 1.54) is 11.1 Å². The highest BCUT2D eigenvalue weighted by atomic mass is 79.9. The average Bonchev–Trinajstić information content (AvgIpc) is 3.42. The molecule has 1 aliphatic rings. The first-order valence-corrected chi connectivity index (χ1v) is 10.4. The van der Waals surface area contributed by atoms with Crippen LogP contribution in [0, 0.1) is 0 Å². The summed E-state index contributed by atoms with van der Waals surface area (Å²) in [4.78, 5) is 12.9. The van der Waals surface area contributed by atoms with Crippen molar-refractivity contribution in [2.45, 2.75) is 5.92 Å². The summed E-state index contributed by atoms with van der Waals surface area (Å²) in [7, 11) is 0. The molecule has 2 heterocycles. The highest BCUT2D eigenvalue weighted by molar-refractivity contribution is 9.10. The van der Waals surface area contributed by atoms with E-state index < -0.39 is 0 Å². The highest BCUT2D eigenvalue weighted by Gasteiger charge is 2.21. The fraction of sp³-hybridized carbons (Fsp3) is 0.130. The molecule has 144 valence electrons. The van der Waals surface area contributed by atoms with Gasteiger partial charge in [-0.2, -0.15) is 0 Å². The van der Waals surface area contributed by atoms with Crippen LogP contribution in [0.2, 0.25) is 0 Å². The summed E-state index contributed by atoms with van der Waals surface area (Å²) in [5, 5.41) is 6.59. The number of nitrogens with one attached hydrogen (secondary N) is 3. The standard InChI is InChI=1S/C23H20BrN5/c24-20-17(28-23-25-13-14-26-23)11-12-18-21(20)29-22(27-18)19(15-7-3-1-4-8-15)16-9-5-2-6-10-16/h1-12,19H,13-14H2,(H,27,29)(H2,25,26,28). The fourth-order valence-corrected chi connectivity index (χ4v) is 4.24. The van der Waals surface area contributed by atoms with E-state index in [4.69, 9.17) is 4.98 Å². The number of hydrogen-bond donors (Lipinski definition) is 3. The Hall–Kier alpha value is -3.12. The second kappa shape index (κ2) is 7.72. The zero-order valence-electron chi connectivity index (χ0n) is 15.7. The van der Waals surface area contributed by atoms with Gasteiger partial charge in [-0.05, 0) is 39.2 Å². The molecule has 0 saturated heterocycles. The molecule has 0 aliphatic carbocycles. The Bertz CT molecular complexity index is 1130.